The van der Waals surface area contributed by atoms with Gasteiger partial charge in [0.15, 0.2) is 0 Å². The number of hydrogen-bond donors (Lipinski definition) is 0. The summed E-state index contributed by atoms with van der Waals surface area (Å²) in [4.78, 5) is 27.9. The molecule has 0 saturated heterocycles. The van der Waals surface area contributed by atoms with E-state index in [1.165, 1.54) is 30.4 Å². The highest BCUT2D eigenvalue weighted by molar-refractivity contribution is 5.96. The molecule has 0 radical (unpaired) electrons. The number of amides is 1. The molecule has 1 heterocycles. The van der Waals surface area contributed by atoms with E-state index in [1.807, 2.05) is 0 Å². The summed E-state index contributed by atoms with van der Waals surface area (Å²) in [5.41, 5.74) is -0.0753. The normalized spacial score (nSPS) is 10.8. The fourth-order valence-corrected chi connectivity index (χ4v) is 2.43. The average Bonchev–Trinajstić information content (AvgIpc) is 2.70. The Hall–Kier alpha value is -3.99. The maximum Gasteiger partial charge on any atom is 0.347 e. The summed E-state index contributed by atoms with van der Waals surface area (Å²) < 4.78 is 35.6. The molecular weight excluding hydrogens is 370 g/mol. The van der Waals surface area contributed by atoms with Crippen molar-refractivity contribution in [2.24, 2.45) is 0 Å². The van der Waals surface area contributed by atoms with E-state index in [-0.39, 0.29) is 23.8 Å². The van der Waals surface area contributed by atoms with Crippen LogP contribution in [0.1, 0.15) is 21.8 Å². The Morgan fingerprint density at radius 3 is 2.79 bits per heavy atom. The van der Waals surface area contributed by atoms with Gasteiger partial charge in [0.2, 0.25) is 5.89 Å². The number of hydrogen-bond acceptors (Lipinski definition) is 5. The van der Waals surface area contributed by atoms with Crippen molar-refractivity contribution in [3.63, 3.8) is 0 Å². The molecule has 0 fully saturated rings. The minimum atomic E-state index is -1.55. The van der Waals surface area contributed by atoms with Gasteiger partial charge in [0.05, 0.1) is 16.5 Å². The van der Waals surface area contributed by atoms with Crippen molar-refractivity contribution in [3.8, 4) is 18.1 Å². The molecule has 0 aliphatic carbocycles. The summed E-state index contributed by atoms with van der Waals surface area (Å²) in [6.07, 6.45) is 7.94. The molecule has 0 saturated carbocycles. The van der Waals surface area contributed by atoms with E-state index in [2.05, 4.69) is 10.9 Å². The molecule has 6 nitrogen and oxygen atoms in total. The van der Waals surface area contributed by atoms with Crippen molar-refractivity contribution in [2.75, 3.05) is 6.61 Å². The smallest absolute Gasteiger partial charge is 0.347 e. The molecule has 3 rings (SSSR count). The summed E-state index contributed by atoms with van der Waals surface area (Å²) in [5.74, 6) is 0.606. The molecule has 0 aliphatic rings. The Morgan fingerprint density at radius 1 is 1.25 bits per heavy atom. The first-order valence-electron chi connectivity index (χ1n) is 7.94. The van der Waals surface area contributed by atoms with Crippen LogP contribution in [0.3, 0.4) is 0 Å². The van der Waals surface area contributed by atoms with E-state index in [0.717, 1.165) is 0 Å². The zero-order valence-electron chi connectivity index (χ0n) is 14.3. The highest BCUT2D eigenvalue weighted by atomic mass is 19.4. The van der Waals surface area contributed by atoms with Gasteiger partial charge in [0.1, 0.15) is 12.4 Å². The number of aromatic nitrogens is 1. The summed E-state index contributed by atoms with van der Waals surface area (Å²) >= 11 is 0. The van der Waals surface area contributed by atoms with Gasteiger partial charge in [-0.25, -0.2) is 9.78 Å². The molecule has 2 aromatic carbocycles. The highest BCUT2D eigenvalue weighted by Gasteiger charge is 2.20. The van der Waals surface area contributed by atoms with Gasteiger partial charge in [-0.1, -0.05) is 33.1 Å². The summed E-state index contributed by atoms with van der Waals surface area (Å²) in [7, 11) is 0. The number of rotatable bonds is 5. The minimum Gasteiger partial charge on any atom is -0.480 e. The second-order valence-corrected chi connectivity index (χ2v) is 5.48. The van der Waals surface area contributed by atoms with Crippen LogP contribution in [0, 0.1) is 12.3 Å². The monoisotopic (exact) mass is 382 g/mol. The lowest BCUT2D eigenvalue weighted by Gasteiger charge is -2.09. The van der Waals surface area contributed by atoms with Gasteiger partial charge in [-0.05, 0) is 35.9 Å². The Morgan fingerprint density at radius 2 is 2.04 bits per heavy atom. The van der Waals surface area contributed by atoms with Crippen LogP contribution >= 0.6 is 0 Å². The lowest BCUT2D eigenvalue weighted by molar-refractivity contribution is -0.108. The van der Waals surface area contributed by atoms with Gasteiger partial charge in [-0.3, -0.25) is 4.79 Å². The van der Waals surface area contributed by atoms with Crippen molar-refractivity contribution >= 4 is 29.0 Å². The van der Waals surface area contributed by atoms with Crippen molar-refractivity contribution < 1.29 is 22.9 Å². The molecule has 0 bridgehead atoms. The molecule has 140 valence electrons. The second-order valence-electron chi connectivity index (χ2n) is 5.48. The average molecular weight is 382 g/mol. The van der Waals surface area contributed by atoms with E-state index >= 15 is 0 Å². The molecule has 1 amide bonds. The van der Waals surface area contributed by atoms with Crippen LogP contribution in [0.2, 0.25) is 0 Å². The van der Waals surface area contributed by atoms with Crippen LogP contribution in [0.4, 0.5) is 8.96 Å². The van der Waals surface area contributed by atoms with E-state index in [1.54, 1.807) is 24.3 Å². The Bertz CT molecular complexity index is 1160. The number of benzene rings is 2. The fourth-order valence-electron chi connectivity index (χ4n) is 2.43. The number of fused-ring (bicyclic) bond motifs is 1. The molecule has 3 aromatic rings. The number of carbonyl (C=O) groups excluding carboxylic acids is 1. The van der Waals surface area contributed by atoms with Gasteiger partial charge in [0.25, 0.3) is 0 Å². The molecule has 0 N–H and O–H groups in total. The molecule has 0 aliphatic heterocycles. The van der Waals surface area contributed by atoms with Crippen molar-refractivity contribution in [1.29, 1.82) is 0 Å². The first kappa shape index (κ1) is 18.8. The zero-order valence-corrected chi connectivity index (χ0v) is 14.3. The van der Waals surface area contributed by atoms with E-state index in [9.17, 15) is 18.6 Å². The summed E-state index contributed by atoms with van der Waals surface area (Å²) in [6, 6.07) is 10.8. The highest BCUT2D eigenvalue weighted by Crippen LogP contribution is 2.23. The SMILES string of the molecule is C#CCOc1ccc(/C=C/c2nc3ccccc3c(=O)o2)cc1C(=O)N(F)F. The van der Waals surface area contributed by atoms with Gasteiger partial charge < -0.3 is 9.15 Å². The third kappa shape index (κ3) is 4.04. The number of nitrogens with zero attached hydrogens (tertiary/aromatic N) is 2. The topological polar surface area (TPSA) is 72.6 Å². The van der Waals surface area contributed by atoms with Gasteiger partial charge >= 0.3 is 11.5 Å². The predicted octanol–water partition coefficient (Wildman–Crippen LogP) is 3.58. The minimum absolute atomic E-state index is 0.0295. The van der Waals surface area contributed by atoms with E-state index in [0.29, 0.717) is 16.5 Å². The summed E-state index contributed by atoms with van der Waals surface area (Å²) in [5, 5.41) is -1.20. The standard InChI is InChI=1S/C20H12F2N2O4/c1-2-11-27-17-9-7-13(12-15(17)19(25)24(21)22)8-10-18-23-16-6-4-3-5-14(16)20(26)28-18/h1,3-10,12H,11H2/b10-8+. The van der Waals surface area contributed by atoms with Crippen LogP contribution in [-0.4, -0.2) is 22.8 Å². The zero-order chi connectivity index (χ0) is 20.1. The molecular formula is C20H12F2N2O4. The predicted molar refractivity (Wildman–Crippen MR) is 98.4 cm³/mol. The maximum absolute atomic E-state index is 12.7. The largest absolute Gasteiger partial charge is 0.480 e. The van der Waals surface area contributed by atoms with Crippen molar-refractivity contribution in [3.05, 3.63) is 69.9 Å². The van der Waals surface area contributed by atoms with Gasteiger partial charge in [-0.15, -0.1) is 6.42 Å². The number of carbonyl (C=O) groups is 1. The number of para-hydroxylation sites is 1. The van der Waals surface area contributed by atoms with E-state index < -0.39 is 16.9 Å². The van der Waals surface area contributed by atoms with E-state index in [4.69, 9.17) is 15.6 Å². The van der Waals surface area contributed by atoms with Crippen molar-refractivity contribution in [1.82, 2.24) is 10.3 Å². The third-order valence-corrected chi connectivity index (χ3v) is 3.67. The van der Waals surface area contributed by atoms with Crippen LogP contribution < -0.4 is 10.4 Å². The molecule has 8 heteroatoms. The first-order valence-corrected chi connectivity index (χ1v) is 7.94. The first-order chi connectivity index (χ1) is 13.5. The molecule has 0 spiro atoms. The Kier molecular flexibility index (Phi) is 5.46. The van der Waals surface area contributed by atoms with Crippen LogP contribution in [0.15, 0.2) is 51.7 Å². The van der Waals surface area contributed by atoms with Crippen LogP contribution in [0.25, 0.3) is 23.1 Å². The van der Waals surface area contributed by atoms with Crippen molar-refractivity contribution in [2.45, 2.75) is 0 Å². The quantitative estimate of drug-likeness (QED) is 0.498. The van der Waals surface area contributed by atoms with Gasteiger partial charge in [0, 0.05) is 11.4 Å². The maximum atomic E-state index is 12.7. The molecule has 0 unspecified atom stereocenters. The Labute approximate surface area is 157 Å². The third-order valence-electron chi connectivity index (χ3n) is 3.67. The number of ether oxygens (including phenoxy) is 1. The molecule has 1 aromatic heterocycles. The van der Waals surface area contributed by atoms with Gasteiger partial charge in [-0.2, -0.15) is 0 Å². The summed E-state index contributed by atoms with van der Waals surface area (Å²) in [6.45, 7) is -0.180. The molecule has 28 heavy (non-hydrogen) atoms. The Balaban J connectivity index is 1.96. The lowest BCUT2D eigenvalue weighted by atomic mass is 10.1. The van der Waals surface area contributed by atoms with Crippen LogP contribution in [-0.2, 0) is 0 Å². The fraction of sp³-hybridized carbons (Fsp3) is 0.0500. The second kappa shape index (κ2) is 8.14. The molecule has 0 atom stereocenters. The lowest BCUT2D eigenvalue weighted by Crippen LogP contribution is -2.15. The van der Waals surface area contributed by atoms with Crippen LogP contribution in [0.5, 0.6) is 5.75 Å². The number of halogens is 2. The number of terminal acetylenes is 1.